The standard InChI is InChI=1S/C20H24N2O5S2/c1-5-27-20(24)14-7-6-8-15(11-14)22-29(25,26)16-9-10-18(28-4)17(12-16)21-19(23)13(2)3/h6-13,22H,5H2,1-4H3,(H,21,23). The molecule has 0 aliphatic rings. The molecule has 1 amide bonds. The molecule has 0 aliphatic heterocycles. The molecule has 0 radical (unpaired) electrons. The molecule has 2 aromatic rings. The van der Waals surface area contributed by atoms with Gasteiger partial charge < -0.3 is 10.1 Å². The lowest BCUT2D eigenvalue weighted by Crippen LogP contribution is -2.19. The van der Waals surface area contributed by atoms with E-state index in [1.165, 1.54) is 36.0 Å². The van der Waals surface area contributed by atoms with E-state index in [4.69, 9.17) is 4.74 Å². The molecule has 9 heteroatoms. The SMILES string of the molecule is CCOC(=O)c1cccc(NS(=O)(=O)c2ccc(SC)c(NC(=O)C(C)C)c2)c1. The van der Waals surface area contributed by atoms with Crippen molar-refractivity contribution in [2.45, 2.75) is 30.6 Å². The van der Waals surface area contributed by atoms with E-state index in [1.54, 1.807) is 39.0 Å². The number of amides is 1. The Morgan fingerprint density at radius 1 is 1.14 bits per heavy atom. The highest BCUT2D eigenvalue weighted by molar-refractivity contribution is 7.98. The Morgan fingerprint density at radius 3 is 2.48 bits per heavy atom. The molecule has 0 spiro atoms. The lowest BCUT2D eigenvalue weighted by atomic mass is 10.2. The monoisotopic (exact) mass is 436 g/mol. The van der Waals surface area contributed by atoms with Gasteiger partial charge in [-0.1, -0.05) is 19.9 Å². The first kappa shape index (κ1) is 22.8. The Bertz CT molecular complexity index is 1000. The highest BCUT2D eigenvalue weighted by Crippen LogP contribution is 2.29. The van der Waals surface area contributed by atoms with Crippen molar-refractivity contribution >= 4 is 45.0 Å². The average Bonchev–Trinajstić information content (AvgIpc) is 2.67. The number of anilines is 2. The number of nitrogens with one attached hydrogen (secondary N) is 2. The van der Waals surface area contributed by atoms with Gasteiger partial charge in [-0.2, -0.15) is 0 Å². The van der Waals surface area contributed by atoms with E-state index in [0.717, 1.165) is 4.90 Å². The fraction of sp³-hybridized carbons (Fsp3) is 0.300. The zero-order chi connectivity index (χ0) is 21.6. The summed E-state index contributed by atoms with van der Waals surface area (Å²) in [4.78, 5) is 24.7. The Hall–Kier alpha value is -2.52. The van der Waals surface area contributed by atoms with Gasteiger partial charge in [0.25, 0.3) is 10.0 Å². The molecule has 0 unspecified atom stereocenters. The number of carbonyl (C=O) groups is 2. The van der Waals surface area contributed by atoms with Crippen molar-refractivity contribution in [1.29, 1.82) is 0 Å². The van der Waals surface area contributed by atoms with Crippen LogP contribution in [0.15, 0.2) is 52.3 Å². The van der Waals surface area contributed by atoms with Crippen LogP contribution in [0, 0.1) is 5.92 Å². The maximum Gasteiger partial charge on any atom is 0.338 e. The third kappa shape index (κ3) is 5.98. The second-order valence-corrected chi connectivity index (χ2v) is 8.94. The van der Waals surface area contributed by atoms with Crippen LogP contribution in [0.2, 0.25) is 0 Å². The van der Waals surface area contributed by atoms with E-state index >= 15 is 0 Å². The van der Waals surface area contributed by atoms with Crippen LogP contribution in [-0.4, -0.2) is 33.2 Å². The van der Waals surface area contributed by atoms with Gasteiger partial charge in [0.15, 0.2) is 0 Å². The predicted octanol–water partition coefficient (Wildman–Crippen LogP) is 3.98. The molecule has 2 aromatic carbocycles. The fourth-order valence-electron chi connectivity index (χ4n) is 2.37. The van der Waals surface area contributed by atoms with Crippen molar-refractivity contribution in [3.05, 3.63) is 48.0 Å². The molecule has 156 valence electrons. The summed E-state index contributed by atoms with van der Waals surface area (Å²) in [7, 11) is -3.93. The Labute approximate surface area is 175 Å². The molecule has 2 rings (SSSR count). The van der Waals surface area contributed by atoms with Crippen LogP contribution in [-0.2, 0) is 19.6 Å². The topological polar surface area (TPSA) is 102 Å². The van der Waals surface area contributed by atoms with E-state index < -0.39 is 16.0 Å². The zero-order valence-electron chi connectivity index (χ0n) is 16.7. The zero-order valence-corrected chi connectivity index (χ0v) is 18.3. The van der Waals surface area contributed by atoms with Crippen LogP contribution >= 0.6 is 11.8 Å². The summed E-state index contributed by atoms with van der Waals surface area (Å²) >= 11 is 1.40. The molecule has 0 saturated heterocycles. The van der Waals surface area contributed by atoms with Crippen molar-refractivity contribution < 1.29 is 22.7 Å². The summed E-state index contributed by atoms with van der Waals surface area (Å²) in [5.74, 6) is -0.977. The number of rotatable bonds is 8. The number of sulfonamides is 1. The van der Waals surface area contributed by atoms with E-state index in [0.29, 0.717) is 5.69 Å². The summed E-state index contributed by atoms with van der Waals surface area (Å²) in [6, 6.07) is 10.6. The molecule has 0 heterocycles. The third-order valence-electron chi connectivity index (χ3n) is 3.89. The minimum Gasteiger partial charge on any atom is -0.462 e. The number of hydrogen-bond acceptors (Lipinski definition) is 6. The number of ether oxygens (including phenoxy) is 1. The van der Waals surface area contributed by atoms with Crippen molar-refractivity contribution in [2.75, 3.05) is 22.9 Å². The number of thioether (sulfide) groups is 1. The van der Waals surface area contributed by atoms with Gasteiger partial charge in [0.2, 0.25) is 5.91 Å². The van der Waals surface area contributed by atoms with Gasteiger partial charge in [0, 0.05) is 16.5 Å². The minimum absolute atomic E-state index is 0.00380. The van der Waals surface area contributed by atoms with Crippen molar-refractivity contribution in [1.82, 2.24) is 0 Å². The molecule has 0 saturated carbocycles. The van der Waals surface area contributed by atoms with Gasteiger partial charge in [0.05, 0.1) is 22.8 Å². The number of hydrogen-bond donors (Lipinski definition) is 2. The van der Waals surface area contributed by atoms with E-state index in [9.17, 15) is 18.0 Å². The fourth-order valence-corrected chi connectivity index (χ4v) is 3.98. The minimum atomic E-state index is -3.93. The van der Waals surface area contributed by atoms with Crippen molar-refractivity contribution in [3.8, 4) is 0 Å². The third-order valence-corrected chi connectivity index (χ3v) is 6.06. The van der Waals surface area contributed by atoms with Crippen LogP contribution in [0.3, 0.4) is 0 Å². The van der Waals surface area contributed by atoms with Crippen LogP contribution < -0.4 is 10.0 Å². The first-order valence-corrected chi connectivity index (χ1v) is 11.7. The quantitative estimate of drug-likeness (QED) is 0.479. The molecular formula is C20H24N2O5S2. The van der Waals surface area contributed by atoms with Crippen LogP contribution in [0.1, 0.15) is 31.1 Å². The first-order valence-electron chi connectivity index (χ1n) is 8.96. The van der Waals surface area contributed by atoms with E-state index in [2.05, 4.69) is 10.0 Å². The van der Waals surface area contributed by atoms with Gasteiger partial charge >= 0.3 is 5.97 Å². The normalized spacial score (nSPS) is 11.2. The summed E-state index contributed by atoms with van der Waals surface area (Å²) in [6.45, 7) is 5.43. The van der Waals surface area contributed by atoms with Gasteiger partial charge in [-0.05, 0) is 49.6 Å². The molecule has 0 atom stereocenters. The second-order valence-electron chi connectivity index (χ2n) is 6.41. The molecule has 0 bridgehead atoms. The molecule has 0 aliphatic carbocycles. The summed E-state index contributed by atoms with van der Waals surface area (Å²) in [5.41, 5.74) is 0.909. The molecular weight excluding hydrogens is 412 g/mol. The van der Waals surface area contributed by atoms with Gasteiger partial charge in [-0.15, -0.1) is 11.8 Å². The predicted molar refractivity (Wildman–Crippen MR) is 115 cm³/mol. The Morgan fingerprint density at radius 2 is 1.86 bits per heavy atom. The van der Waals surface area contributed by atoms with Crippen molar-refractivity contribution in [2.24, 2.45) is 5.92 Å². The van der Waals surface area contributed by atoms with Crippen molar-refractivity contribution in [3.63, 3.8) is 0 Å². The van der Waals surface area contributed by atoms with Crippen LogP contribution in [0.25, 0.3) is 0 Å². The van der Waals surface area contributed by atoms with Crippen LogP contribution in [0.4, 0.5) is 11.4 Å². The highest BCUT2D eigenvalue weighted by atomic mass is 32.2. The lowest BCUT2D eigenvalue weighted by molar-refractivity contribution is -0.118. The smallest absolute Gasteiger partial charge is 0.338 e. The van der Waals surface area contributed by atoms with Crippen LogP contribution in [0.5, 0.6) is 0 Å². The maximum atomic E-state index is 12.8. The number of benzene rings is 2. The Balaban J connectivity index is 2.33. The molecule has 0 aromatic heterocycles. The van der Waals surface area contributed by atoms with E-state index in [1.807, 2.05) is 6.26 Å². The summed E-state index contributed by atoms with van der Waals surface area (Å²) in [6.07, 6.45) is 1.84. The Kier molecular flexibility index (Phi) is 7.69. The van der Waals surface area contributed by atoms with E-state index in [-0.39, 0.29) is 34.6 Å². The molecule has 0 fully saturated rings. The summed E-state index contributed by atoms with van der Waals surface area (Å²) < 4.78 is 33.1. The van der Waals surface area contributed by atoms with Gasteiger partial charge in [-0.25, -0.2) is 13.2 Å². The molecule has 29 heavy (non-hydrogen) atoms. The highest BCUT2D eigenvalue weighted by Gasteiger charge is 2.19. The average molecular weight is 437 g/mol. The largest absolute Gasteiger partial charge is 0.462 e. The summed E-state index contributed by atoms with van der Waals surface area (Å²) in [5, 5.41) is 2.76. The van der Waals surface area contributed by atoms with Gasteiger partial charge in [-0.3, -0.25) is 9.52 Å². The molecule has 7 nitrogen and oxygen atoms in total. The lowest BCUT2D eigenvalue weighted by Gasteiger charge is -2.14. The number of carbonyl (C=O) groups excluding carboxylic acids is 2. The number of esters is 1. The first-order chi connectivity index (χ1) is 13.7. The molecule has 2 N–H and O–H groups in total. The maximum absolute atomic E-state index is 12.8. The second kappa shape index (κ2) is 9.80. The van der Waals surface area contributed by atoms with Gasteiger partial charge in [0.1, 0.15) is 0 Å².